The number of ether oxygens (including phenoxy) is 2. The summed E-state index contributed by atoms with van der Waals surface area (Å²) in [6.45, 7) is -0.0722. The summed E-state index contributed by atoms with van der Waals surface area (Å²) in [7, 11) is 2.49. The third kappa shape index (κ3) is 4.75. The molecule has 0 spiro atoms. The van der Waals surface area contributed by atoms with Gasteiger partial charge in [0.1, 0.15) is 19.5 Å². The summed E-state index contributed by atoms with van der Waals surface area (Å²) in [6, 6.07) is 11.2. The number of methoxy groups -OCH3 is 1. The van der Waals surface area contributed by atoms with Gasteiger partial charge in [0, 0.05) is 5.56 Å². The average Bonchev–Trinajstić information content (AvgIpc) is 2.64. The summed E-state index contributed by atoms with van der Waals surface area (Å²) >= 11 is 0. The molecule has 0 aliphatic carbocycles. The zero-order chi connectivity index (χ0) is 19.2. The normalized spacial score (nSPS) is 11.8. The van der Waals surface area contributed by atoms with E-state index in [-0.39, 0.29) is 18.1 Å². The van der Waals surface area contributed by atoms with E-state index in [1.54, 1.807) is 24.3 Å². The Morgan fingerprint density at radius 3 is 2.46 bits per heavy atom. The van der Waals surface area contributed by atoms with Crippen molar-refractivity contribution < 1.29 is 32.3 Å². The number of halogens is 3. The Balaban J connectivity index is 2.26. The van der Waals surface area contributed by atoms with Gasteiger partial charge in [-0.3, -0.25) is 0 Å². The number of oxime groups is 1. The third-order valence-corrected chi connectivity index (χ3v) is 3.39. The van der Waals surface area contributed by atoms with Crippen LogP contribution < -0.4 is 4.74 Å². The van der Waals surface area contributed by atoms with Crippen molar-refractivity contribution >= 4 is 11.7 Å². The zero-order valence-electron chi connectivity index (χ0n) is 14.0. The van der Waals surface area contributed by atoms with Crippen LogP contribution in [0, 0.1) is 0 Å². The van der Waals surface area contributed by atoms with Gasteiger partial charge in [-0.05, 0) is 23.8 Å². The summed E-state index contributed by atoms with van der Waals surface area (Å²) in [4.78, 5) is 16.6. The highest BCUT2D eigenvalue weighted by atomic mass is 19.4. The second kappa shape index (κ2) is 8.37. The Hall–Kier alpha value is -3.03. The molecular formula is C18H16F3NO4. The fraction of sp³-hybridized carbons (Fsp3) is 0.222. The van der Waals surface area contributed by atoms with Crippen molar-refractivity contribution in [3.63, 3.8) is 0 Å². The van der Waals surface area contributed by atoms with Gasteiger partial charge in [0.25, 0.3) is 0 Å². The van der Waals surface area contributed by atoms with Crippen molar-refractivity contribution in [2.75, 3.05) is 14.2 Å². The molecule has 0 saturated carbocycles. The minimum atomic E-state index is -4.46. The van der Waals surface area contributed by atoms with E-state index < -0.39 is 17.7 Å². The van der Waals surface area contributed by atoms with E-state index >= 15 is 0 Å². The van der Waals surface area contributed by atoms with Crippen molar-refractivity contribution in [1.82, 2.24) is 0 Å². The number of carbonyl (C=O) groups excluding carboxylic acids is 1. The second-order valence-corrected chi connectivity index (χ2v) is 5.09. The standard InChI is InChI=1S/C18H16F3NO4/c1-24-17(23)16(22-25-2)15-9-4-3-6-12(15)11-26-14-8-5-7-13(10-14)18(19,20)21/h3-10H,11H2,1-2H3/b22-16-. The maximum absolute atomic E-state index is 12.8. The number of rotatable bonds is 6. The number of alkyl halides is 3. The molecule has 0 atom stereocenters. The van der Waals surface area contributed by atoms with E-state index in [1.807, 2.05) is 0 Å². The van der Waals surface area contributed by atoms with Gasteiger partial charge in [-0.15, -0.1) is 0 Å². The Bertz CT molecular complexity index is 803. The number of hydrogen-bond donors (Lipinski definition) is 0. The molecule has 0 heterocycles. The quantitative estimate of drug-likeness (QED) is 0.443. The molecule has 0 aromatic heterocycles. The summed E-state index contributed by atoms with van der Waals surface area (Å²) < 4.78 is 48.5. The van der Waals surface area contributed by atoms with E-state index in [0.29, 0.717) is 11.1 Å². The van der Waals surface area contributed by atoms with Gasteiger partial charge >= 0.3 is 12.1 Å². The Morgan fingerprint density at radius 1 is 1.08 bits per heavy atom. The van der Waals surface area contributed by atoms with Crippen molar-refractivity contribution in [2.45, 2.75) is 12.8 Å². The van der Waals surface area contributed by atoms with Gasteiger partial charge in [0.2, 0.25) is 0 Å². The van der Waals surface area contributed by atoms with Crippen molar-refractivity contribution in [2.24, 2.45) is 5.16 Å². The molecule has 0 saturated heterocycles. The van der Waals surface area contributed by atoms with E-state index in [2.05, 4.69) is 14.7 Å². The largest absolute Gasteiger partial charge is 0.489 e. The van der Waals surface area contributed by atoms with Gasteiger partial charge in [-0.25, -0.2) is 4.79 Å². The van der Waals surface area contributed by atoms with Crippen LogP contribution in [0.5, 0.6) is 5.75 Å². The third-order valence-electron chi connectivity index (χ3n) is 3.39. The van der Waals surface area contributed by atoms with E-state index in [9.17, 15) is 18.0 Å². The smallest absolute Gasteiger partial charge is 0.416 e. The molecule has 0 N–H and O–H groups in total. The minimum Gasteiger partial charge on any atom is -0.489 e. The van der Waals surface area contributed by atoms with Crippen LogP contribution in [0.15, 0.2) is 53.7 Å². The maximum atomic E-state index is 12.8. The predicted molar refractivity (Wildman–Crippen MR) is 87.8 cm³/mol. The van der Waals surface area contributed by atoms with Gasteiger partial charge in [-0.1, -0.05) is 35.5 Å². The van der Waals surface area contributed by atoms with Crippen LogP contribution in [0.2, 0.25) is 0 Å². The van der Waals surface area contributed by atoms with Crippen LogP contribution in [0.3, 0.4) is 0 Å². The molecule has 0 bridgehead atoms. The Kier molecular flexibility index (Phi) is 6.21. The zero-order valence-corrected chi connectivity index (χ0v) is 14.0. The highest BCUT2D eigenvalue weighted by molar-refractivity contribution is 6.43. The van der Waals surface area contributed by atoms with Crippen molar-refractivity contribution in [1.29, 1.82) is 0 Å². The molecule has 26 heavy (non-hydrogen) atoms. The molecule has 8 heteroatoms. The van der Waals surface area contributed by atoms with Gasteiger partial charge in [0.05, 0.1) is 12.7 Å². The predicted octanol–water partition coefficient (Wildman–Crippen LogP) is 3.81. The number of esters is 1. The average molecular weight is 367 g/mol. The van der Waals surface area contributed by atoms with Crippen LogP contribution in [0.1, 0.15) is 16.7 Å². The number of nitrogens with zero attached hydrogens (tertiary/aromatic N) is 1. The molecule has 0 radical (unpaired) electrons. The maximum Gasteiger partial charge on any atom is 0.416 e. The monoisotopic (exact) mass is 367 g/mol. The molecule has 2 aromatic carbocycles. The van der Waals surface area contributed by atoms with E-state index in [0.717, 1.165) is 12.1 Å². The van der Waals surface area contributed by atoms with Crippen molar-refractivity contribution in [3.8, 4) is 5.75 Å². The first-order valence-corrected chi connectivity index (χ1v) is 7.44. The number of hydrogen-bond acceptors (Lipinski definition) is 5. The fourth-order valence-corrected chi connectivity index (χ4v) is 2.18. The van der Waals surface area contributed by atoms with Crippen LogP contribution >= 0.6 is 0 Å². The lowest BCUT2D eigenvalue weighted by molar-refractivity contribution is -0.137. The van der Waals surface area contributed by atoms with Crippen LogP contribution in [0.4, 0.5) is 13.2 Å². The molecule has 2 rings (SSSR count). The first-order valence-electron chi connectivity index (χ1n) is 7.44. The fourth-order valence-electron chi connectivity index (χ4n) is 2.18. The van der Waals surface area contributed by atoms with Crippen LogP contribution in [-0.4, -0.2) is 25.9 Å². The van der Waals surface area contributed by atoms with Crippen LogP contribution in [0.25, 0.3) is 0 Å². The minimum absolute atomic E-state index is 0.0536. The lowest BCUT2D eigenvalue weighted by Gasteiger charge is -2.13. The number of benzene rings is 2. The first-order chi connectivity index (χ1) is 12.4. The summed E-state index contributed by atoms with van der Waals surface area (Å²) in [5.41, 5.74) is 0.0528. The Labute approximate surface area is 148 Å². The summed E-state index contributed by atoms with van der Waals surface area (Å²) in [6.07, 6.45) is -4.46. The highest BCUT2D eigenvalue weighted by Gasteiger charge is 2.30. The molecule has 0 aliphatic heterocycles. The summed E-state index contributed by atoms with van der Waals surface area (Å²) in [5.74, 6) is -0.656. The first kappa shape index (κ1) is 19.3. The molecule has 0 amide bonds. The lowest BCUT2D eigenvalue weighted by Crippen LogP contribution is -2.19. The lowest BCUT2D eigenvalue weighted by atomic mass is 10.0. The topological polar surface area (TPSA) is 57.1 Å². The highest BCUT2D eigenvalue weighted by Crippen LogP contribution is 2.31. The van der Waals surface area contributed by atoms with Gasteiger partial charge in [0.15, 0.2) is 5.71 Å². The number of carbonyl (C=O) groups is 1. The second-order valence-electron chi connectivity index (χ2n) is 5.09. The Morgan fingerprint density at radius 2 is 1.81 bits per heavy atom. The van der Waals surface area contributed by atoms with Crippen molar-refractivity contribution in [3.05, 3.63) is 65.2 Å². The van der Waals surface area contributed by atoms with E-state index in [4.69, 9.17) is 4.74 Å². The SMILES string of the molecule is CO/N=C(\C(=O)OC)c1ccccc1COc1cccc(C(F)(F)F)c1. The van der Waals surface area contributed by atoms with E-state index in [1.165, 1.54) is 26.4 Å². The van der Waals surface area contributed by atoms with Gasteiger partial charge in [-0.2, -0.15) is 13.2 Å². The summed E-state index contributed by atoms with van der Waals surface area (Å²) in [5, 5.41) is 3.67. The van der Waals surface area contributed by atoms with Crippen LogP contribution in [-0.2, 0) is 27.2 Å². The molecule has 138 valence electrons. The molecule has 0 fully saturated rings. The van der Waals surface area contributed by atoms with Gasteiger partial charge < -0.3 is 14.3 Å². The molecule has 2 aromatic rings. The molecule has 0 unspecified atom stereocenters. The molecule has 5 nitrogen and oxygen atoms in total. The molecular weight excluding hydrogens is 351 g/mol. The molecule has 0 aliphatic rings.